The number of nitrogens with two attached hydrogens (primary N) is 1. The molecule has 3 N–H and O–H groups in total. The Morgan fingerprint density at radius 2 is 2.26 bits per heavy atom. The van der Waals surface area contributed by atoms with Gasteiger partial charge in [-0.05, 0) is 30.9 Å². The van der Waals surface area contributed by atoms with Crippen molar-refractivity contribution in [2.45, 2.75) is 12.8 Å². The van der Waals surface area contributed by atoms with Gasteiger partial charge in [-0.3, -0.25) is 5.41 Å². The topological polar surface area (TPSA) is 62.3 Å². The maximum atomic E-state index is 7.62. The number of nitrogens with zero attached hydrogens (tertiary/aromatic N) is 1. The quantitative estimate of drug-likeness (QED) is 0.458. The van der Waals surface area contributed by atoms with Crippen LogP contribution in [0.4, 0.5) is 5.69 Å². The molecule has 1 saturated carbocycles. The molecule has 0 atom stereocenters. The molecule has 1 fully saturated rings. The molecule has 0 heterocycles. The first-order valence-electron chi connectivity index (χ1n) is 6.51. The molecule has 0 unspecified atom stereocenters. The average molecular weight is 282 g/mol. The molecule has 0 saturated heterocycles. The van der Waals surface area contributed by atoms with Crippen molar-refractivity contribution in [1.82, 2.24) is 0 Å². The number of ether oxygens (including phenoxy) is 1. The van der Waals surface area contributed by atoms with Gasteiger partial charge in [0.1, 0.15) is 5.84 Å². The van der Waals surface area contributed by atoms with Crippen LogP contribution in [0.3, 0.4) is 0 Å². The fourth-order valence-electron chi connectivity index (χ4n) is 1.95. The van der Waals surface area contributed by atoms with Gasteiger partial charge in [-0.15, -0.1) is 0 Å². The van der Waals surface area contributed by atoms with Crippen LogP contribution in [0.5, 0.6) is 0 Å². The van der Waals surface area contributed by atoms with E-state index in [9.17, 15) is 0 Å². The predicted molar refractivity (Wildman–Crippen MR) is 79.3 cm³/mol. The predicted octanol–water partition coefficient (Wildman–Crippen LogP) is 2.49. The fourth-order valence-corrected chi connectivity index (χ4v) is 2.23. The third-order valence-corrected chi connectivity index (χ3v) is 3.61. The normalized spacial score (nSPS) is 14.4. The van der Waals surface area contributed by atoms with Crippen molar-refractivity contribution in [3.8, 4) is 0 Å². The zero-order chi connectivity index (χ0) is 13.8. The molecule has 0 aliphatic heterocycles. The number of nitrogens with one attached hydrogen (secondary N) is 1. The Morgan fingerprint density at radius 3 is 2.89 bits per heavy atom. The largest absolute Gasteiger partial charge is 0.384 e. The van der Waals surface area contributed by atoms with Crippen LogP contribution < -0.4 is 10.6 Å². The zero-order valence-electron chi connectivity index (χ0n) is 11.2. The second-order valence-electron chi connectivity index (χ2n) is 4.99. The first-order chi connectivity index (χ1) is 9.09. The van der Waals surface area contributed by atoms with Crippen molar-refractivity contribution in [2.24, 2.45) is 11.7 Å². The molecule has 1 aromatic carbocycles. The van der Waals surface area contributed by atoms with Gasteiger partial charge in [-0.1, -0.05) is 17.7 Å². The SMILES string of the molecule is CN(CCOCC1CC1)c1cccc(Cl)c1C(=N)N. The van der Waals surface area contributed by atoms with Crippen molar-refractivity contribution >= 4 is 23.1 Å². The summed E-state index contributed by atoms with van der Waals surface area (Å²) in [7, 11) is 1.96. The van der Waals surface area contributed by atoms with Gasteiger partial charge in [0.05, 0.1) is 17.2 Å². The molecule has 19 heavy (non-hydrogen) atoms. The molecule has 4 nitrogen and oxygen atoms in total. The van der Waals surface area contributed by atoms with Crippen molar-refractivity contribution in [1.29, 1.82) is 5.41 Å². The van der Waals surface area contributed by atoms with Gasteiger partial charge in [-0.2, -0.15) is 0 Å². The Hall–Kier alpha value is -1.26. The van der Waals surface area contributed by atoms with Gasteiger partial charge in [0, 0.05) is 25.9 Å². The minimum absolute atomic E-state index is 0.00801. The van der Waals surface area contributed by atoms with Crippen LogP contribution >= 0.6 is 11.6 Å². The summed E-state index contributed by atoms with van der Waals surface area (Å²) >= 11 is 6.10. The van der Waals surface area contributed by atoms with E-state index >= 15 is 0 Å². The van der Waals surface area contributed by atoms with Crippen LogP contribution in [0.1, 0.15) is 18.4 Å². The number of likely N-dealkylation sites (N-methyl/N-ethyl adjacent to an activating group) is 1. The zero-order valence-corrected chi connectivity index (χ0v) is 11.9. The van der Waals surface area contributed by atoms with Crippen molar-refractivity contribution in [3.05, 3.63) is 28.8 Å². The fraction of sp³-hybridized carbons (Fsp3) is 0.500. The van der Waals surface area contributed by atoms with Gasteiger partial charge in [0.25, 0.3) is 0 Å². The Balaban J connectivity index is 1.95. The number of rotatable bonds is 7. The van der Waals surface area contributed by atoms with Gasteiger partial charge in [0.15, 0.2) is 0 Å². The highest BCUT2D eigenvalue weighted by molar-refractivity contribution is 6.34. The molecular formula is C14H20ClN3O. The molecule has 1 aliphatic rings. The maximum Gasteiger partial charge on any atom is 0.126 e. The van der Waals surface area contributed by atoms with Crippen LogP contribution in [0.25, 0.3) is 0 Å². The minimum Gasteiger partial charge on any atom is -0.384 e. The summed E-state index contributed by atoms with van der Waals surface area (Å²) in [5.41, 5.74) is 7.06. The van der Waals surface area contributed by atoms with Crippen molar-refractivity contribution in [2.75, 3.05) is 31.7 Å². The third-order valence-electron chi connectivity index (χ3n) is 3.29. The van der Waals surface area contributed by atoms with Crippen LogP contribution in [0, 0.1) is 11.3 Å². The van der Waals surface area contributed by atoms with Crippen molar-refractivity contribution < 1.29 is 4.74 Å². The first kappa shape index (κ1) is 14.2. The van der Waals surface area contributed by atoms with E-state index in [-0.39, 0.29) is 5.84 Å². The van der Waals surface area contributed by atoms with E-state index in [2.05, 4.69) is 0 Å². The third kappa shape index (κ3) is 3.85. The summed E-state index contributed by atoms with van der Waals surface area (Å²) in [6.07, 6.45) is 2.61. The van der Waals surface area contributed by atoms with Crippen LogP contribution in [-0.4, -0.2) is 32.6 Å². The van der Waals surface area contributed by atoms with Crippen LogP contribution in [0.15, 0.2) is 18.2 Å². The summed E-state index contributed by atoms with van der Waals surface area (Å²) < 4.78 is 5.62. The molecule has 0 radical (unpaired) electrons. The number of hydrogen-bond donors (Lipinski definition) is 2. The lowest BCUT2D eigenvalue weighted by molar-refractivity contribution is 0.131. The number of nitrogen functional groups attached to an aromatic ring is 1. The highest BCUT2D eigenvalue weighted by Gasteiger charge is 2.21. The second kappa shape index (κ2) is 6.26. The lowest BCUT2D eigenvalue weighted by Gasteiger charge is -2.22. The van der Waals surface area contributed by atoms with Gasteiger partial charge in [-0.25, -0.2) is 0 Å². The maximum absolute atomic E-state index is 7.62. The standard InChI is InChI=1S/C14H20ClN3O/c1-18(7-8-19-9-10-5-6-10)12-4-2-3-11(15)13(12)14(16)17/h2-4,10H,5-9H2,1H3,(H3,16,17). The molecule has 0 amide bonds. The minimum atomic E-state index is -0.00801. The smallest absolute Gasteiger partial charge is 0.126 e. The Bertz CT molecular complexity index is 460. The first-order valence-corrected chi connectivity index (χ1v) is 6.89. The average Bonchev–Trinajstić information content (AvgIpc) is 3.17. The summed E-state index contributed by atoms with van der Waals surface area (Å²) in [6, 6.07) is 5.54. The van der Waals surface area contributed by atoms with Crippen LogP contribution in [0.2, 0.25) is 5.02 Å². The molecular weight excluding hydrogens is 262 g/mol. The highest BCUT2D eigenvalue weighted by Crippen LogP contribution is 2.29. The van der Waals surface area contributed by atoms with Crippen molar-refractivity contribution in [3.63, 3.8) is 0 Å². The molecule has 1 aliphatic carbocycles. The van der Waals surface area contributed by atoms with E-state index in [1.165, 1.54) is 12.8 Å². The molecule has 0 spiro atoms. The summed E-state index contributed by atoms with van der Waals surface area (Å²) in [6.45, 7) is 2.30. The van der Waals surface area contributed by atoms with E-state index in [1.54, 1.807) is 6.07 Å². The Labute approximate surface area is 119 Å². The molecule has 1 aromatic rings. The summed E-state index contributed by atoms with van der Waals surface area (Å²) in [4.78, 5) is 2.02. The van der Waals surface area contributed by atoms with Gasteiger partial charge >= 0.3 is 0 Å². The number of halogens is 1. The van der Waals surface area contributed by atoms with Crippen LogP contribution in [-0.2, 0) is 4.74 Å². The number of amidine groups is 1. The summed E-state index contributed by atoms with van der Waals surface area (Å²) in [5.74, 6) is 0.774. The van der Waals surface area contributed by atoms with E-state index in [0.717, 1.165) is 24.8 Å². The molecule has 2 rings (SSSR count). The molecule has 0 bridgehead atoms. The van der Waals surface area contributed by atoms with E-state index in [4.69, 9.17) is 27.5 Å². The monoisotopic (exact) mass is 281 g/mol. The summed E-state index contributed by atoms with van der Waals surface area (Å²) in [5, 5.41) is 8.13. The lowest BCUT2D eigenvalue weighted by Crippen LogP contribution is -2.26. The van der Waals surface area contributed by atoms with Gasteiger partial charge < -0.3 is 15.4 Å². The van der Waals surface area contributed by atoms with Gasteiger partial charge in [0.2, 0.25) is 0 Å². The molecule has 0 aromatic heterocycles. The number of anilines is 1. The Morgan fingerprint density at radius 1 is 1.53 bits per heavy atom. The number of hydrogen-bond acceptors (Lipinski definition) is 3. The Kier molecular flexibility index (Phi) is 4.66. The molecule has 104 valence electrons. The lowest BCUT2D eigenvalue weighted by atomic mass is 10.1. The van der Waals surface area contributed by atoms with E-state index in [0.29, 0.717) is 17.2 Å². The molecule has 5 heteroatoms. The highest BCUT2D eigenvalue weighted by atomic mass is 35.5. The van der Waals surface area contributed by atoms with E-state index in [1.807, 2.05) is 24.1 Å². The second-order valence-corrected chi connectivity index (χ2v) is 5.39. The number of benzene rings is 1. The van der Waals surface area contributed by atoms with E-state index < -0.39 is 0 Å².